The van der Waals surface area contributed by atoms with Gasteiger partial charge in [-0.3, -0.25) is 0 Å². The van der Waals surface area contributed by atoms with Gasteiger partial charge in [-0.15, -0.1) is 0 Å². The van der Waals surface area contributed by atoms with E-state index in [1.165, 1.54) is 4.46 Å². The van der Waals surface area contributed by atoms with Crippen molar-refractivity contribution in [2.75, 3.05) is 0 Å². The third-order valence-corrected chi connectivity index (χ3v) is 3.95. The van der Waals surface area contributed by atoms with E-state index in [0.29, 0.717) is 0 Å². The van der Waals surface area contributed by atoms with Gasteiger partial charge in [0.15, 0.2) is 0 Å². The van der Waals surface area contributed by atoms with Crippen molar-refractivity contribution in [1.82, 2.24) is 0 Å². The fourth-order valence-electron chi connectivity index (χ4n) is 1.46. The molecule has 0 radical (unpaired) electrons. The average Bonchev–Trinajstić information content (AvgIpc) is 2.42. The van der Waals surface area contributed by atoms with Crippen LogP contribution in [0.2, 0.25) is 0 Å². The van der Waals surface area contributed by atoms with Gasteiger partial charge in [0.05, 0.1) is 0 Å². The average molecular weight is 289 g/mol. The molecule has 0 saturated carbocycles. The van der Waals surface area contributed by atoms with Gasteiger partial charge in [-0.25, -0.2) is 0 Å². The molecular formula is C15H14OSe. The van der Waals surface area contributed by atoms with E-state index in [1.807, 2.05) is 42.5 Å². The van der Waals surface area contributed by atoms with Crippen LogP contribution in [-0.2, 0) is 3.82 Å². The molecule has 2 aromatic carbocycles. The van der Waals surface area contributed by atoms with Gasteiger partial charge in [0.1, 0.15) is 0 Å². The molecule has 0 N–H and O–H groups in total. The molecule has 1 nitrogen and oxygen atoms in total. The van der Waals surface area contributed by atoms with Crippen LogP contribution in [0.25, 0.3) is 0 Å². The van der Waals surface area contributed by atoms with Gasteiger partial charge >= 0.3 is 109 Å². The number of hydrogen-bond donors (Lipinski definition) is 0. The molecule has 0 aromatic heterocycles. The van der Waals surface area contributed by atoms with Crippen LogP contribution in [0.15, 0.2) is 73.3 Å². The molecule has 0 bridgehead atoms. The Bertz CT molecular complexity index is 453. The molecule has 86 valence electrons. The van der Waals surface area contributed by atoms with Gasteiger partial charge < -0.3 is 0 Å². The van der Waals surface area contributed by atoms with Gasteiger partial charge in [-0.2, -0.15) is 0 Å². The molecule has 1 atom stereocenters. The van der Waals surface area contributed by atoms with Crippen molar-refractivity contribution in [2.45, 2.75) is 6.10 Å². The van der Waals surface area contributed by atoms with E-state index < -0.39 is 0 Å². The predicted octanol–water partition coefficient (Wildman–Crippen LogP) is 2.88. The van der Waals surface area contributed by atoms with Gasteiger partial charge in [-0.1, -0.05) is 0 Å². The van der Waals surface area contributed by atoms with E-state index in [2.05, 4.69) is 30.8 Å². The van der Waals surface area contributed by atoms with Crippen molar-refractivity contribution in [1.29, 1.82) is 0 Å². The van der Waals surface area contributed by atoms with Gasteiger partial charge in [-0.05, 0) is 0 Å². The third kappa shape index (κ3) is 3.57. The molecule has 0 aliphatic carbocycles. The molecule has 0 spiro atoms. The number of benzene rings is 2. The molecule has 2 heteroatoms. The maximum absolute atomic E-state index is 5.91. The van der Waals surface area contributed by atoms with Gasteiger partial charge in [0.25, 0.3) is 0 Å². The summed E-state index contributed by atoms with van der Waals surface area (Å²) in [6, 6.07) is 20.4. The standard InChI is InChI=1S/C15H14OSe/c1-2-15(13-9-5-3-6-10-13)16-17-14-11-7-4-8-12-14/h2-12,15H,1H2/t15-/m1/s1. The zero-order valence-electron chi connectivity index (χ0n) is 9.45. The first-order valence-electron chi connectivity index (χ1n) is 5.46. The van der Waals surface area contributed by atoms with E-state index in [1.54, 1.807) is 0 Å². The Labute approximate surface area is 109 Å². The zero-order valence-corrected chi connectivity index (χ0v) is 11.2. The SMILES string of the molecule is C=C[C@@H](O[Se]c1ccccc1)c1ccccc1. The molecule has 0 aliphatic heterocycles. The van der Waals surface area contributed by atoms with E-state index in [9.17, 15) is 0 Å². The summed E-state index contributed by atoms with van der Waals surface area (Å²) in [6.45, 7) is 3.83. The van der Waals surface area contributed by atoms with E-state index in [-0.39, 0.29) is 21.4 Å². The summed E-state index contributed by atoms with van der Waals surface area (Å²) in [5.41, 5.74) is 1.15. The molecule has 2 rings (SSSR count). The molecule has 0 aliphatic rings. The van der Waals surface area contributed by atoms with E-state index in [0.717, 1.165) is 5.56 Å². The second kappa shape index (κ2) is 6.41. The normalized spacial score (nSPS) is 12.0. The molecule has 0 heterocycles. The summed E-state index contributed by atoms with van der Waals surface area (Å²) >= 11 is 0.0238. The van der Waals surface area contributed by atoms with Crippen molar-refractivity contribution in [3.8, 4) is 0 Å². The van der Waals surface area contributed by atoms with Crippen molar-refractivity contribution in [2.24, 2.45) is 0 Å². The fraction of sp³-hybridized carbons (Fsp3) is 0.0667. The number of rotatable bonds is 5. The van der Waals surface area contributed by atoms with Crippen LogP contribution in [-0.4, -0.2) is 15.3 Å². The molecule has 0 amide bonds. The second-order valence-electron chi connectivity index (χ2n) is 3.56. The Hall–Kier alpha value is -1.34. The van der Waals surface area contributed by atoms with Crippen molar-refractivity contribution in [3.05, 3.63) is 78.9 Å². The molecular weight excluding hydrogens is 275 g/mol. The van der Waals surface area contributed by atoms with Crippen LogP contribution in [0.1, 0.15) is 11.7 Å². The molecule has 2 aromatic rings. The fourth-order valence-corrected chi connectivity index (χ4v) is 2.87. The predicted molar refractivity (Wildman–Crippen MR) is 72.3 cm³/mol. The number of hydrogen-bond acceptors (Lipinski definition) is 1. The van der Waals surface area contributed by atoms with Crippen LogP contribution >= 0.6 is 0 Å². The quantitative estimate of drug-likeness (QED) is 0.607. The zero-order chi connectivity index (χ0) is 11.9. The minimum absolute atomic E-state index is 0.0172. The Morgan fingerprint density at radius 1 is 0.941 bits per heavy atom. The Kier molecular flexibility index (Phi) is 4.57. The van der Waals surface area contributed by atoms with Crippen LogP contribution in [0, 0.1) is 0 Å². The van der Waals surface area contributed by atoms with Crippen molar-refractivity contribution in [3.63, 3.8) is 0 Å². The minimum atomic E-state index is -0.0172. The van der Waals surface area contributed by atoms with Gasteiger partial charge in [0, 0.05) is 0 Å². The van der Waals surface area contributed by atoms with Gasteiger partial charge in [0.2, 0.25) is 0 Å². The van der Waals surface area contributed by atoms with Crippen molar-refractivity contribution >= 4 is 19.7 Å². The molecule has 17 heavy (non-hydrogen) atoms. The summed E-state index contributed by atoms with van der Waals surface area (Å²) in [5, 5.41) is 0. The third-order valence-electron chi connectivity index (χ3n) is 2.33. The summed E-state index contributed by atoms with van der Waals surface area (Å²) in [4.78, 5) is 0. The Morgan fingerprint density at radius 2 is 1.53 bits per heavy atom. The molecule has 0 unspecified atom stereocenters. The molecule has 0 fully saturated rings. The first-order chi connectivity index (χ1) is 8.40. The van der Waals surface area contributed by atoms with E-state index >= 15 is 0 Å². The summed E-state index contributed by atoms with van der Waals surface area (Å²) in [5.74, 6) is 0. The summed E-state index contributed by atoms with van der Waals surface area (Å²) < 4.78 is 7.15. The van der Waals surface area contributed by atoms with Crippen LogP contribution < -0.4 is 4.46 Å². The van der Waals surface area contributed by atoms with Crippen LogP contribution in [0.3, 0.4) is 0 Å². The van der Waals surface area contributed by atoms with Crippen LogP contribution in [0.4, 0.5) is 0 Å². The maximum atomic E-state index is 5.91. The first-order valence-corrected chi connectivity index (χ1v) is 7.01. The summed E-state index contributed by atoms with van der Waals surface area (Å²) in [6.07, 6.45) is 1.83. The molecule has 0 saturated heterocycles. The topological polar surface area (TPSA) is 9.23 Å². The monoisotopic (exact) mass is 290 g/mol. The Balaban J connectivity index is 2.00. The van der Waals surface area contributed by atoms with E-state index in [4.69, 9.17) is 3.82 Å². The Morgan fingerprint density at radius 3 is 2.12 bits per heavy atom. The van der Waals surface area contributed by atoms with Crippen LogP contribution in [0.5, 0.6) is 0 Å². The summed E-state index contributed by atoms with van der Waals surface area (Å²) in [7, 11) is 0. The first kappa shape index (κ1) is 12.1. The second-order valence-corrected chi connectivity index (χ2v) is 5.30. The van der Waals surface area contributed by atoms with Crippen molar-refractivity contribution < 1.29 is 3.82 Å².